The first-order valence-electron chi connectivity index (χ1n) is 6.71. The van der Waals surface area contributed by atoms with Gasteiger partial charge in [-0.15, -0.1) is 11.3 Å². The van der Waals surface area contributed by atoms with E-state index in [1.54, 1.807) is 17.4 Å². The van der Waals surface area contributed by atoms with Gasteiger partial charge in [0.1, 0.15) is 18.2 Å². The molecule has 3 aromatic rings. The third-order valence-electron chi connectivity index (χ3n) is 3.10. The van der Waals surface area contributed by atoms with Crippen LogP contribution < -0.4 is 4.74 Å². The Balaban J connectivity index is 1.54. The second-order valence-corrected chi connectivity index (χ2v) is 5.58. The number of ether oxygens (including phenoxy) is 2. The van der Waals surface area contributed by atoms with Crippen molar-refractivity contribution in [1.82, 2.24) is 0 Å². The number of fused-ring (bicyclic) bond motifs is 1. The van der Waals surface area contributed by atoms with Crippen LogP contribution in [0, 0.1) is 5.82 Å². The zero-order valence-corrected chi connectivity index (χ0v) is 12.4. The molecule has 0 fully saturated rings. The molecule has 112 valence electrons. The summed E-state index contributed by atoms with van der Waals surface area (Å²) >= 11 is 1.61. The molecular weight excluding hydrogens is 303 g/mol. The van der Waals surface area contributed by atoms with Crippen LogP contribution in [0.15, 0.2) is 53.9 Å². The molecule has 0 saturated heterocycles. The summed E-state index contributed by atoms with van der Waals surface area (Å²) in [5.74, 6) is -0.590. The largest absolute Gasteiger partial charge is 0.482 e. The van der Waals surface area contributed by atoms with Gasteiger partial charge in [0.05, 0.1) is 0 Å². The van der Waals surface area contributed by atoms with Crippen molar-refractivity contribution in [2.75, 3.05) is 6.61 Å². The summed E-state index contributed by atoms with van der Waals surface area (Å²) in [6, 6.07) is 13.6. The Kier molecular flexibility index (Phi) is 4.34. The second kappa shape index (κ2) is 6.58. The molecule has 0 aliphatic carbocycles. The van der Waals surface area contributed by atoms with Crippen molar-refractivity contribution in [2.45, 2.75) is 6.61 Å². The number of hydrogen-bond acceptors (Lipinski definition) is 4. The van der Waals surface area contributed by atoms with Crippen molar-refractivity contribution in [3.63, 3.8) is 0 Å². The lowest BCUT2D eigenvalue weighted by Gasteiger charge is -2.06. The van der Waals surface area contributed by atoms with Gasteiger partial charge in [0.15, 0.2) is 6.61 Å². The van der Waals surface area contributed by atoms with Gasteiger partial charge in [0, 0.05) is 16.3 Å². The van der Waals surface area contributed by atoms with Crippen LogP contribution in [-0.4, -0.2) is 12.6 Å². The van der Waals surface area contributed by atoms with Gasteiger partial charge < -0.3 is 9.47 Å². The SMILES string of the molecule is O=C(COc1cccc(F)c1)OCc1csc2ccccc12. The Labute approximate surface area is 130 Å². The number of thiophene rings is 1. The number of esters is 1. The van der Waals surface area contributed by atoms with Crippen molar-refractivity contribution in [3.8, 4) is 5.75 Å². The number of benzene rings is 2. The van der Waals surface area contributed by atoms with Crippen LogP contribution in [0.5, 0.6) is 5.75 Å². The van der Waals surface area contributed by atoms with E-state index < -0.39 is 11.8 Å². The fraction of sp³-hybridized carbons (Fsp3) is 0.118. The molecule has 5 heteroatoms. The Morgan fingerprint density at radius 2 is 2.00 bits per heavy atom. The molecule has 3 rings (SSSR count). The predicted octanol–water partition coefficient (Wildman–Crippen LogP) is 4.16. The van der Waals surface area contributed by atoms with E-state index in [4.69, 9.17) is 9.47 Å². The maximum absolute atomic E-state index is 13.0. The van der Waals surface area contributed by atoms with Crippen molar-refractivity contribution in [1.29, 1.82) is 0 Å². The lowest BCUT2D eigenvalue weighted by molar-refractivity contribution is -0.147. The maximum Gasteiger partial charge on any atom is 0.344 e. The van der Waals surface area contributed by atoms with Crippen LogP contribution in [0.25, 0.3) is 10.1 Å². The molecule has 0 bridgehead atoms. The molecule has 0 amide bonds. The summed E-state index contributed by atoms with van der Waals surface area (Å²) in [5, 5.41) is 3.07. The van der Waals surface area contributed by atoms with Crippen LogP contribution in [0.3, 0.4) is 0 Å². The Morgan fingerprint density at radius 1 is 1.14 bits per heavy atom. The van der Waals surface area contributed by atoms with Gasteiger partial charge >= 0.3 is 5.97 Å². The molecule has 1 heterocycles. The zero-order valence-electron chi connectivity index (χ0n) is 11.6. The van der Waals surface area contributed by atoms with E-state index in [1.165, 1.54) is 18.2 Å². The smallest absolute Gasteiger partial charge is 0.344 e. The molecular formula is C17H13FO3S. The fourth-order valence-electron chi connectivity index (χ4n) is 2.04. The first kappa shape index (κ1) is 14.5. The molecule has 0 spiro atoms. The third-order valence-corrected chi connectivity index (χ3v) is 4.11. The normalized spacial score (nSPS) is 10.6. The highest BCUT2D eigenvalue weighted by Gasteiger charge is 2.08. The number of carbonyl (C=O) groups excluding carboxylic acids is 1. The minimum Gasteiger partial charge on any atom is -0.482 e. The van der Waals surface area contributed by atoms with E-state index in [9.17, 15) is 9.18 Å². The highest BCUT2D eigenvalue weighted by Crippen LogP contribution is 2.26. The molecule has 22 heavy (non-hydrogen) atoms. The quantitative estimate of drug-likeness (QED) is 0.663. The van der Waals surface area contributed by atoms with Crippen LogP contribution in [0.1, 0.15) is 5.56 Å². The molecule has 1 aromatic heterocycles. The van der Waals surface area contributed by atoms with Crippen LogP contribution in [0.2, 0.25) is 0 Å². The Bertz CT molecular complexity index is 797. The average Bonchev–Trinajstić information content (AvgIpc) is 2.94. The van der Waals surface area contributed by atoms with E-state index in [0.29, 0.717) is 5.75 Å². The number of halogens is 1. The molecule has 0 N–H and O–H groups in total. The zero-order chi connectivity index (χ0) is 15.4. The monoisotopic (exact) mass is 316 g/mol. The summed E-state index contributed by atoms with van der Waals surface area (Å²) in [7, 11) is 0. The molecule has 3 nitrogen and oxygen atoms in total. The average molecular weight is 316 g/mol. The van der Waals surface area contributed by atoms with Crippen molar-refractivity contribution < 1.29 is 18.7 Å². The summed E-state index contributed by atoms with van der Waals surface area (Å²) in [6.07, 6.45) is 0. The standard InChI is InChI=1S/C17H13FO3S/c18-13-4-3-5-14(8-13)20-10-17(19)21-9-12-11-22-16-7-2-1-6-15(12)16/h1-8,11H,9-10H2. The molecule has 0 saturated carbocycles. The lowest BCUT2D eigenvalue weighted by Crippen LogP contribution is -2.14. The molecule has 0 radical (unpaired) electrons. The van der Waals surface area contributed by atoms with Gasteiger partial charge in [0.2, 0.25) is 0 Å². The molecule has 0 atom stereocenters. The summed E-state index contributed by atoms with van der Waals surface area (Å²) in [4.78, 5) is 11.7. The third kappa shape index (κ3) is 3.43. The number of carbonyl (C=O) groups is 1. The number of rotatable bonds is 5. The van der Waals surface area contributed by atoms with Gasteiger partial charge in [-0.3, -0.25) is 0 Å². The van der Waals surface area contributed by atoms with Gasteiger partial charge in [0.25, 0.3) is 0 Å². The summed E-state index contributed by atoms with van der Waals surface area (Å²) in [6.45, 7) is -0.0408. The summed E-state index contributed by atoms with van der Waals surface area (Å²) < 4.78 is 24.5. The highest BCUT2D eigenvalue weighted by molar-refractivity contribution is 7.17. The topological polar surface area (TPSA) is 35.5 Å². The van der Waals surface area contributed by atoms with Gasteiger partial charge in [-0.1, -0.05) is 24.3 Å². The van der Waals surface area contributed by atoms with Gasteiger partial charge in [-0.25, -0.2) is 9.18 Å². The minimum atomic E-state index is -0.487. The van der Waals surface area contributed by atoms with E-state index >= 15 is 0 Å². The van der Waals surface area contributed by atoms with E-state index in [2.05, 4.69) is 0 Å². The van der Waals surface area contributed by atoms with Crippen molar-refractivity contribution in [3.05, 3.63) is 65.3 Å². The molecule has 0 aliphatic heterocycles. The van der Waals surface area contributed by atoms with E-state index in [-0.39, 0.29) is 13.2 Å². The van der Waals surface area contributed by atoms with E-state index in [1.807, 2.05) is 29.6 Å². The Hall–Kier alpha value is -2.40. The number of hydrogen-bond donors (Lipinski definition) is 0. The lowest BCUT2D eigenvalue weighted by atomic mass is 10.2. The van der Waals surface area contributed by atoms with Crippen LogP contribution >= 0.6 is 11.3 Å². The first-order chi connectivity index (χ1) is 10.7. The van der Waals surface area contributed by atoms with Crippen molar-refractivity contribution >= 4 is 27.4 Å². The van der Waals surface area contributed by atoms with Crippen molar-refractivity contribution in [2.24, 2.45) is 0 Å². The Morgan fingerprint density at radius 3 is 2.86 bits per heavy atom. The van der Waals surface area contributed by atoms with Gasteiger partial charge in [-0.05, 0) is 29.0 Å². The molecule has 0 aliphatic rings. The van der Waals surface area contributed by atoms with Crippen LogP contribution in [0.4, 0.5) is 4.39 Å². The summed E-state index contributed by atoms with van der Waals surface area (Å²) in [5.41, 5.74) is 0.972. The fourth-order valence-corrected chi connectivity index (χ4v) is 2.99. The van der Waals surface area contributed by atoms with E-state index in [0.717, 1.165) is 15.6 Å². The highest BCUT2D eigenvalue weighted by atomic mass is 32.1. The molecule has 2 aromatic carbocycles. The minimum absolute atomic E-state index is 0.204. The van der Waals surface area contributed by atoms with Crippen LogP contribution in [-0.2, 0) is 16.1 Å². The first-order valence-corrected chi connectivity index (χ1v) is 7.59. The predicted molar refractivity (Wildman–Crippen MR) is 83.5 cm³/mol. The molecule has 0 unspecified atom stereocenters. The maximum atomic E-state index is 13.0. The van der Waals surface area contributed by atoms with Gasteiger partial charge in [-0.2, -0.15) is 0 Å². The second-order valence-electron chi connectivity index (χ2n) is 4.66.